The molecular formula is C13H10FN3. The molecule has 1 heterocycles. The van der Waals surface area contributed by atoms with Crippen molar-refractivity contribution in [3.63, 3.8) is 0 Å². The number of anilines is 1. The third-order valence-corrected chi connectivity index (χ3v) is 2.27. The molecule has 0 unspecified atom stereocenters. The maximum absolute atomic E-state index is 12.9. The van der Waals surface area contributed by atoms with E-state index in [0.717, 1.165) is 11.3 Å². The quantitative estimate of drug-likeness (QED) is 0.877. The van der Waals surface area contributed by atoms with E-state index in [-0.39, 0.29) is 5.82 Å². The lowest BCUT2D eigenvalue weighted by molar-refractivity contribution is 0.619. The molecule has 3 nitrogen and oxygen atoms in total. The molecule has 0 fully saturated rings. The number of aromatic nitrogens is 1. The minimum atomic E-state index is -0.343. The van der Waals surface area contributed by atoms with Crippen molar-refractivity contribution in [2.45, 2.75) is 6.54 Å². The second-order valence-electron chi connectivity index (χ2n) is 3.55. The van der Waals surface area contributed by atoms with Gasteiger partial charge in [0.2, 0.25) is 0 Å². The summed E-state index contributed by atoms with van der Waals surface area (Å²) in [4.78, 5) is 3.77. The van der Waals surface area contributed by atoms with Crippen molar-refractivity contribution in [2.75, 3.05) is 5.32 Å². The predicted molar refractivity (Wildman–Crippen MR) is 62.7 cm³/mol. The van der Waals surface area contributed by atoms with Crippen LogP contribution in [-0.2, 0) is 6.54 Å². The van der Waals surface area contributed by atoms with Crippen LogP contribution in [-0.4, -0.2) is 4.98 Å². The van der Waals surface area contributed by atoms with Gasteiger partial charge in [0, 0.05) is 18.4 Å². The zero-order chi connectivity index (χ0) is 12.1. The Kier molecular flexibility index (Phi) is 3.31. The van der Waals surface area contributed by atoms with Gasteiger partial charge in [0.15, 0.2) is 0 Å². The van der Waals surface area contributed by atoms with Gasteiger partial charge < -0.3 is 5.32 Å². The van der Waals surface area contributed by atoms with Crippen LogP contribution in [0.25, 0.3) is 0 Å². The zero-order valence-corrected chi connectivity index (χ0v) is 9.02. The molecule has 2 rings (SSSR count). The minimum Gasteiger partial charge on any atom is -0.381 e. The molecule has 0 spiro atoms. The highest BCUT2D eigenvalue weighted by atomic mass is 19.1. The van der Waals surface area contributed by atoms with E-state index in [9.17, 15) is 4.39 Å². The maximum Gasteiger partial charge on any atom is 0.141 e. The molecule has 0 bridgehead atoms. The van der Waals surface area contributed by atoms with E-state index in [0.29, 0.717) is 12.1 Å². The molecule has 1 aromatic heterocycles. The van der Waals surface area contributed by atoms with Crippen molar-refractivity contribution in [1.29, 1.82) is 5.26 Å². The van der Waals surface area contributed by atoms with Crippen LogP contribution < -0.4 is 5.32 Å². The first-order valence-corrected chi connectivity index (χ1v) is 5.11. The van der Waals surface area contributed by atoms with Crippen LogP contribution in [0, 0.1) is 17.1 Å². The van der Waals surface area contributed by atoms with E-state index < -0.39 is 0 Å². The highest BCUT2D eigenvalue weighted by Gasteiger charge is 1.97. The molecular weight excluding hydrogens is 217 g/mol. The summed E-state index contributed by atoms with van der Waals surface area (Å²) in [7, 11) is 0. The molecule has 84 valence electrons. The van der Waals surface area contributed by atoms with Gasteiger partial charge in [0.1, 0.15) is 5.82 Å². The van der Waals surface area contributed by atoms with Gasteiger partial charge in [-0.3, -0.25) is 4.98 Å². The summed E-state index contributed by atoms with van der Waals surface area (Å²) < 4.78 is 12.9. The molecule has 0 amide bonds. The van der Waals surface area contributed by atoms with E-state index in [1.165, 1.54) is 12.3 Å². The van der Waals surface area contributed by atoms with Crippen molar-refractivity contribution in [3.8, 4) is 6.07 Å². The lowest BCUT2D eigenvalue weighted by Crippen LogP contribution is -2.00. The molecule has 17 heavy (non-hydrogen) atoms. The average Bonchev–Trinajstić information content (AvgIpc) is 2.37. The zero-order valence-electron chi connectivity index (χ0n) is 9.02. The number of nitrogens with one attached hydrogen (secondary N) is 1. The highest BCUT2D eigenvalue weighted by Crippen LogP contribution is 2.10. The molecule has 4 heteroatoms. The first-order valence-electron chi connectivity index (χ1n) is 5.11. The normalized spacial score (nSPS) is 9.65. The van der Waals surface area contributed by atoms with Crippen LogP contribution in [0.1, 0.15) is 11.1 Å². The summed E-state index contributed by atoms with van der Waals surface area (Å²) in [5.74, 6) is -0.343. The molecule has 0 saturated heterocycles. The third kappa shape index (κ3) is 3.02. The summed E-state index contributed by atoms with van der Waals surface area (Å²) in [5, 5.41) is 11.8. The summed E-state index contributed by atoms with van der Waals surface area (Å²) in [6.45, 7) is 0.497. The Balaban J connectivity index is 2.00. The summed E-state index contributed by atoms with van der Waals surface area (Å²) in [6.07, 6.45) is 2.78. The first-order chi connectivity index (χ1) is 8.28. The Morgan fingerprint density at radius 3 is 2.65 bits per heavy atom. The molecule has 1 aromatic carbocycles. The van der Waals surface area contributed by atoms with Crippen molar-refractivity contribution >= 4 is 5.69 Å². The van der Waals surface area contributed by atoms with E-state index >= 15 is 0 Å². The molecule has 0 saturated carbocycles. The maximum atomic E-state index is 12.9. The van der Waals surface area contributed by atoms with E-state index in [4.69, 9.17) is 5.26 Å². The van der Waals surface area contributed by atoms with E-state index in [1.807, 2.05) is 18.2 Å². The van der Waals surface area contributed by atoms with Gasteiger partial charge in [-0.2, -0.15) is 5.26 Å². The lowest BCUT2D eigenvalue weighted by Gasteiger charge is -2.06. The smallest absolute Gasteiger partial charge is 0.141 e. The van der Waals surface area contributed by atoms with Crippen molar-refractivity contribution in [1.82, 2.24) is 4.98 Å². The van der Waals surface area contributed by atoms with Gasteiger partial charge in [-0.15, -0.1) is 0 Å². The van der Waals surface area contributed by atoms with Crippen LogP contribution in [0.2, 0.25) is 0 Å². The standard InChI is InChI=1S/C13H10FN3/c14-12-5-11(7-16-9-12)8-17-13-3-1-10(6-15)2-4-13/h1-5,7,9,17H,8H2. The molecule has 0 aliphatic heterocycles. The summed E-state index contributed by atoms with van der Waals surface area (Å²) >= 11 is 0. The molecule has 0 radical (unpaired) electrons. The Labute approximate surface area is 98.5 Å². The number of benzene rings is 1. The number of nitrogens with zero attached hydrogens (tertiary/aromatic N) is 2. The Bertz CT molecular complexity index is 543. The molecule has 1 N–H and O–H groups in total. The SMILES string of the molecule is N#Cc1ccc(NCc2cncc(F)c2)cc1. The first kappa shape index (κ1) is 11.1. The largest absolute Gasteiger partial charge is 0.381 e. The van der Waals surface area contributed by atoms with Gasteiger partial charge in [0.05, 0.1) is 17.8 Å². The average molecular weight is 227 g/mol. The summed E-state index contributed by atoms with van der Waals surface area (Å²) in [5.41, 5.74) is 2.27. The molecule has 0 atom stereocenters. The van der Waals surface area contributed by atoms with Crippen molar-refractivity contribution in [2.24, 2.45) is 0 Å². The van der Waals surface area contributed by atoms with Crippen LogP contribution in [0.4, 0.5) is 10.1 Å². The molecule has 2 aromatic rings. The van der Waals surface area contributed by atoms with Crippen LogP contribution in [0.15, 0.2) is 42.7 Å². The van der Waals surface area contributed by atoms with Gasteiger partial charge in [-0.25, -0.2) is 4.39 Å². The topological polar surface area (TPSA) is 48.7 Å². The van der Waals surface area contributed by atoms with Crippen molar-refractivity contribution in [3.05, 3.63) is 59.7 Å². The summed E-state index contributed by atoms with van der Waals surface area (Å²) in [6, 6.07) is 10.6. The number of halogens is 1. The van der Waals surface area contributed by atoms with Crippen LogP contribution in [0.5, 0.6) is 0 Å². The second kappa shape index (κ2) is 5.08. The molecule has 0 aliphatic rings. The van der Waals surface area contributed by atoms with E-state index in [2.05, 4.69) is 10.3 Å². The van der Waals surface area contributed by atoms with E-state index in [1.54, 1.807) is 18.3 Å². The molecule has 0 aliphatic carbocycles. The number of pyridine rings is 1. The lowest BCUT2D eigenvalue weighted by atomic mass is 10.2. The van der Waals surface area contributed by atoms with Gasteiger partial charge in [-0.1, -0.05) is 0 Å². The Morgan fingerprint density at radius 1 is 1.24 bits per heavy atom. The van der Waals surface area contributed by atoms with Gasteiger partial charge >= 0.3 is 0 Å². The van der Waals surface area contributed by atoms with Gasteiger partial charge in [0.25, 0.3) is 0 Å². The number of hydrogen-bond donors (Lipinski definition) is 1. The predicted octanol–water partition coefficient (Wildman–Crippen LogP) is 2.70. The van der Waals surface area contributed by atoms with Crippen LogP contribution >= 0.6 is 0 Å². The third-order valence-electron chi connectivity index (χ3n) is 2.27. The Hall–Kier alpha value is -2.41. The van der Waals surface area contributed by atoms with Crippen molar-refractivity contribution < 1.29 is 4.39 Å². The fraction of sp³-hybridized carbons (Fsp3) is 0.0769. The fourth-order valence-electron chi connectivity index (χ4n) is 1.42. The Morgan fingerprint density at radius 2 is 2.00 bits per heavy atom. The monoisotopic (exact) mass is 227 g/mol. The fourth-order valence-corrected chi connectivity index (χ4v) is 1.42. The van der Waals surface area contributed by atoms with Gasteiger partial charge in [-0.05, 0) is 35.9 Å². The number of nitriles is 1. The number of hydrogen-bond acceptors (Lipinski definition) is 3. The minimum absolute atomic E-state index is 0.343. The number of rotatable bonds is 3. The second-order valence-corrected chi connectivity index (χ2v) is 3.55. The highest BCUT2D eigenvalue weighted by molar-refractivity contribution is 5.47. The van der Waals surface area contributed by atoms with Crippen LogP contribution in [0.3, 0.4) is 0 Å².